The standard InChI is InChI=1S/C26H33N3O5/c1-17-14-29(19(3)30)18(2)16-34-23-12-11-21(27-25(31)20-9-7-6-8-10-20)13-22(23)26(32)28(4)15-24(17)33-5/h6-13,17-18,24H,14-16H2,1-5H3,(H,27,31)/t17-,18+,24+/m0/s1. The Morgan fingerprint density at radius 2 is 1.79 bits per heavy atom. The molecule has 1 heterocycles. The van der Waals surface area contributed by atoms with Crippen molar-refractivity contribution < 1.29 is 23.9 Å². The molecule has 1 aliphatic rings. The van der Waals surface area contributed by atoms with Crippen LogP contribution in [0.4, 0.5) is 5.69 Å². The summed E-state index contributed by atoms with van der Waals surface area (Å²) in [5, 5.41) is 2.85. The number of carbonyl (C=O) groups excluding carboxylic acids is 3. The number of nitrogens with one attached hydrogen (secondary N) is 1. The summed E-state index contributed by atoms with van der Waals surface area (Å²) in [5.74, 6) is -0.154. The first-order valence-corrected chi connectivity index (χ1v) is 11.4. The zero-order chi connectivity index (χ0) is 24.8. The molecule has 2 aromatic carbocycles. The second-order valence-corrected chi connectivity index (χ2v) is 8.80. The van der Waals surface area contributed by atoms with E-state index in [0.717, 1.165) is 0 Å². The Bertz CT molecular complexity index is 1030. The van der Waals surface area contributed by atoms with Gasteiger partial charge in [0.25, 0.3) is 11.8 Å². The maximum atomic E-state index is 13.4. The number of carbonyl (C=O) groups is 3. The molecule has 3 rings (SSSR count). The normalized spacial score (nSPS) is 21.6. The predicted octanol–water partition coefficient (Wildman–Crippen LogP) is 3.29. The molecule has 8 heteroatoms. The minimum absolute atomic E-state index is 0.00184. The maximum Gasteiger partial charge on any atom is 0.257 e. The van der Waals surface area contributed by atoms with E-state index in [1.165, 1.54) is 0 Å². The van der Waals surface area contributed by atoms with E-state index >= 15 is 0 Å². The Kier molecular flexibility index (Phi) is 8.28. The summed E-state index contributed by atoms with van der Waals surface area (Å²) in [6, 6.07) is 13.7. The van der Waals surface area contributed by atoms with Crippen LogP contribution in [0.25, 0.3) is 0 Å². The molecule has 2 aromatic rings. The molecule has 0 saturated carbocycles. The molecule has 0 aromatic heterocycles. The number of amides is 3. The van der Waals surface area contributed by atoms with E-state index in [0.29, 0.717) is 35.7 Å². The van der Waals surface area contributed by atoms with Crippen LogP contribution in [0.5, 0.6) is 5.75 Å². The van der Waals surface area contributed by atoms with Crippen LogP contribution in [0.1, 0.15) is 41.5 Å². The number of fused-ring (bicyclic) bond motifs is 1. The van der Waals surface area contributed by atoms with E-state index < -0.39 is 0 Å². The largest absolute Gasteiger partial charge is 0.491 e. The van der Waals surface area contributed by atoms with Crippen LogP contribution in [0.3, 0.4) is 0 Å². The van der Waals surface area contributed by atoms with Crippen LogP contribution >= 0.6 is 0 Å². The van der Waals surface area contributed by atoms with Gasteiger partial charge in [-0.1, -0.05) is 25.1 Å². The zero-order valence-corrected chi connectivity index (χ0v) is 20.4. The quantitative estimate of drug-likeness (QED) is 0.748. The second-order valence-electron chi connectivity index (χ2n) is 8.80. The third-order valence-corrected chi connectivity index (χ3v) is 6.14. The highest BCUT2D eigenvalue weighted by Gasteiger charge is 2.29. The summed E-state index contributed by atoms with van der Waals surface area (Å²) >= 11 is 0. The Morgan fingerprint density at radius 1 is 1.09 bits per heavy atom. The minimum Gasteiger partial charge on any atom is -0.491 e. The van der Waals surface area contributed by atoms with Crippen LogP contribution in [-0.2, 0) is 9.53 Å². The number of anilines is 1. The summed E-state index contributed by atoms with van der Waals surface area (Å²) in [5.41, 5.74) is 1.34. The molecular formula is C26H33N3O5. The lowest BCUT2D eigenvalue weighted by atomic mass is 10.0. The van der Waals surface area contributed by atoms with Gasteiger partial charge in [-0.15, -0.1) is 0 Å². The van der Waals surface area contributed by atoms with E-state index in [4.69, 9.17) is 9.47 Å². The molecule has 3 atom stereocenters. The summed E-state index contributed by atoms with van der Waals surface area (Å²) < 4.78 is 11.7. The van der Waals surface area contributed by atoms with Gasteiger partial charge in [0.15, 0.2) is 0 Å². The first-order chi connectivity index (χ1) is 16.2. The SMILES string of the molecule is CO[C@@H]1CN(C)C(=O)c2cc(NC(=O)c3ccccc3)ccc2OC[C@@H](C)N(C(C)=O)C[C@@H]1C. The van der Waals surface area contributed by atoms with E-state index in [1.54, 1.807) is 73.3 Å². The lowest BCUT2D eigenvalue weighted by Gasteiger charge is -2.35. The molecule has 1 N–H and O–H groups in total. The minimum atomic E-state index is -0.269. The van der Waals surface area contributed by atoms with Gasteiger partial charge in [-0.05, 0) is 37.3 Å². The van der Waals surface area contributed by atoms with Gasteiger partial charge in [-0.25, -0.2) is 0 Å². The Labute approximate surface area is 200 Å². The van der Waals surface area contributed by atoms with Crippen molar-refractivity contribution in [3.05, 3.63) is 59.7 Å². The number of benzene rings is 2. The van der Waals surface area contributed by atoms with E-state index in [1.807, 2.05) is 19.9 Å². The molecule has 0 bridgehead atoms. The number of ether oxygens (including phenoxy) is 2. The topological polar surface area (TPSA) is 88.2 Å². The lowest BCUT2D eigenvalue weighted by Crippen LogP contribution is -2.48. The molecule has 0 radical (unpaired) electrons. The molecule has 3 amide bonds. The van der Waals surface area contributed by atoms with E-state index in [9.17, 15) is 14.4 Å². The molecule has 34 heavy (non-hydrogen) atoms. The molecule has 8 nitrogen and oxygen atoms in total. The summed E-state index contributed by atoms with van der Waals surface area (Å²) in [6.07, 6.45) is -0.257. The molecule has 0 aliphatic carbocycles. The second kappa shape index (κ2) is 11.2. The van der Waals surface area contributed by atoms with Crippen LogP contribution in [0.2, 0.25) is 0 Å². The van der Waals surface area contributed by atoms with Gasteiger partial charge in [0.1, 0.15) is 12.4 Å². The number of hydrogen-bond donors (Lipinski definition) is 1. The van der Waals surface area contributed by atoms with Gasteiger partial charge in [-0.3, -0.25) is 14.4 Å². The molecule has 0 saturated heterocycles. The lowest BCUT2D eigenvalue weighted by molar-refractivity contribution is -0.133. The van der Waals surface area contributed by atoms with Crippen molar-refractivity contribution in [3.8, 4) is 5.75 Å². The third-order valence-electron chi connectivity index (χ3n) is 6.14. The Hall–Kier alpha value is -3.39. The van der Waals surface area contributed by atoms with Crippen molar-refractivity contribution in [2.45, 2.75) is 32.9 Å². The smallest absolute Gasteiger partial charge is 0.257 e. The van der Waals surface area contributed by atoms with Crippen molar-refractivity contribution in [2.75, 3.05) is 39.2 Å². The van der Waals surface area contributed by atoms with E-state index in [-0.39, 0.29) is 42.4 Å². The van der Waals surface area contributed by atoms with Crippen molar-refractivity contribution in [1.29, 1.82) is 0 Å². The average Bonchev–Trinajstić information content (AvgIpc) is 2.83. The van der Waals surface area contributed by atoms with Gasteiger partial charge in [0.2, 0.25) is 5.91 Å². The number of methoxy groups -OCH3 is 1. The number of likely N-dealkylation sites (N-methyl/N-ethyl adjacent to an activating group) is 1. The Balaban J connectivity index is 1.94. The molecule has 0 unspecified atom stereocenters. The average molecular weight is 468 g/mol. The van der Waals surface area contributed by atoms with E-state index in [2.05, 4.69) is 5.32 Å². The number of rotatable bonds is 3. The first kappa shape index (κ1) is 25.2. The molecule has 0 fully saturated rings. The van der Waals surface area contributed by atoms with Gasteiger partial charge in [-0.2, -0.15) is 0 Å². The van der Waals surface area contributed by atoms with Crippen molar-refractivity contribution in [3.63, 3.8) is 0 Å². The van der Waals surface area contributed by atoms with Gasteiger partial charge in [0.05, 0.1) is 17.7 Å². The first-order valence-electron chi connectivity index (χ1n) is 11.4. The van der Waals surface area contributed by atoms with Crippen molar-refractivity contribution in [1.82, 2.24) is 9.80 Å². The third kappa shape index (κ3) is 5.94. The van der Waals surface area contributed by atoms with Gasteiger partial charge in [0, 0.05) is 51.3 Å². The zero-order valence-electron chi connectivity index (χ0n) is 20.4. The monoisotopic (exact) mass is 467 g/mol. The molecule has 182 valence electrons. The molecule has 0 spiro atoms. The fraction of sp³-hybridized carbons (Fsp3) is 0.423. The van der Waals surface area contributed by atoms with Gasteiger partial charge < -0.3 is 24.6 Å². The van der Waals surface area contributed by atoms with Gasteiger partial charge >= 0.3 is 0 Å². The van der Waals surface area contributed by atoms with Crippen LogP contribution in [0, 0.1) is 5.92 Å². The highest BCUT2D eigenvalue weighted by Crippen LogP contribution is 2.26. The highest BCUT2D eigenvalue weighted by molar-refractivity contribution is 6.05. The fourth-order valence-electron chi connectivity index (χ4n) is 4.09. The van der Waals surface area contributed by atoms with Crippen LogP contribution < -0.4 is 10.1 Å². The van der Waals surface area contributed by atoms with Crippen molar-refractivity contribution in [2.24, 2.45) is 5.92 Å². The summed E-state index contributed by atoms with van der Waals surface area (Å²) in [6.45, 7) is 6.54. The maximum absolute atomic E-state index is 13.4. The molecule has 1 aliphatic heterocycles. The number of hydrogen-bond acceptors (Lipinski definition) is 5. The number of nitrogens with zero attached hydrogens (tertiary/aromatic N) is 2. The summed E-state index contributed by atoms with van der Waals surface area (Å²) in [4.78, 5) is 41.7. The predicted molar refractivity (Wildman–Crippen MR) is 130 cm³/mol. The summed E-state index contributed by atoms with van der Waals surface area (Å²) in [7, 11) is 3.32. The van der Waals surface area contributed by atoms with Crippen molar-refractivity contribution >= 4 is 23.4 Å². The van der Waals surface area contributed by atoms with Crippen LogP contribution in [-0.4, -0.2) is 73.5 Å². The fourth-order valence-corrected chi connectivity index (χ4v) is 4.09. The Morgan fingerprint density at radius 3 is 2.44 bits per heavy atom. The molecular weight excluding hydrogens is 434 g/mol. The highest BCUT2D eigenvalue weighted by atomic mass is 16.5. The van der Waals surface area contributed by atoms with Crippen LogP contribution in [0.15, 0.2) is 48.5 Å².